The summed E-state index contributed by atoms with van der Waals surface area (Å²) in [6.07, 6.45) is 1.64. The second-order valence-corrected chi connectivity index (χ2v) is 7.38. The zero-order valence-corrected chi connectivity index (χ0v) is 13.1. The van der Waals surface area contributed by atoms with Crippen LogP contribution in [0.4, 0.5) is 5.69 Å². The van der Waals surface area contributed by atoms with Crippen molar-refractivity contribution >= 4 is 15.7 Å². The molecule has 120 valence electrons. The van der Waals surface area contributed by atoms with E-state index >= 15 is 0 Å². The first kappa shape index (κ1) is 14.3. The average molecular weight is 332 g/mol. The molecule has 2 aromatic rings. The first-order valence-corrected chi connectivity index (χ1v) is 8.91. The van der Waals surface area contributed by atoms with E-state index in [0.29, 0.717) is 11.5 Å². The average Bonchev–Trinajstić information content (AvgIpc) is 2.95. The fraction of sp³-hybridized carbons (Fsp3) is 0.250. The highest BCUT2D eigenvalue weighted by Gasteiger charge is 2.37. The van der Waals surface area contributed by atoms with Crippen molar-refractivity contribution in [1.82, 2.24) is 4.72 Å². The third-order valence-electron chi connectivity index (χ3n) is 4.13. The highest BCUT2D eigenvalue weighted by atomic mass is 32.2. The van der Waals surface area contributed by atoms with Gasteiger partial charge < -0.3 is 14.7 Å². The number of fused-ring (bicyclic) bond motifs is 3. The van der Waals surface area contributed by atoms with Crippen molar-refractivity contribution in [3.8, 4) is 17.2 Å². The van der Waals surface area contributed by atoms with Gasteiger partial charge in [-0.25, -0.2) is 8.42 Å². The maximum absolute atomic E-state index is 12.4. The van der Waals surface area contributed by atoms with Gasteiger partial charge in [0, 0.05) is 18.7 Å². The van der Waals surface area contributed by atoms with Crippen molar-refractivity contribution in [2.24, 2.45) is 0 Å². The van der Waals surface area contributed by atoms with E-state index in [1.807, 2.05) is 0 Å². The Balaban J connectivity index is 1.73. The molecule has 0 aliphatic carbocycles. The van der Waals surface area contributed by atoms with Gasteiger partial charge in [-0.05, 0) is 37.1 Å². The molecule has 0 amide bonds. The maximum atomic E-state index is 12.4. The predicted molar refractivity (Wildman–Crippen MR) is 85.3 cm³/mol. The smallest absolute Gasteiger partial charge is 0.244 e. The van der Waals surface area contributed by atoms with Gasteiger partial charge in [0.15, 0.2) is 0 Å². The summed E-state index contributed by atoms with van der Waals surface area (Å²) in [5.41, 5.74) is 0.717. The van der Waals surface area contributed by atoms with Gasteiger partial charge in [0.2, 0.25) is 10.0 Å². The van der Waals surface area contributed by atoms with Crippen LogP contribution in [0.1, 0.15) is 12.8 Å². The fourth-order valence-corrected chi connectivity index (χ4v) is 4.58. The molecule has 2 aliphatic heterocycles. The molecule has 2 N–H and O–H groups in total. The van der Waals surface area contributed by atoms with Gasteiger partial charge in [-0.1, -0.05) is 6.07 Å². The molecule has 1 unspecified atom stereocenters. The molecule has 2 aliphatic rings. The van der Waals surface area contributed by atoms with Crippen molar-refractivity contribution in [2.75, 3.05) is 11.4 Å². The highest BCUT2D eigenvalue weighted by molar-refractivity contribution is 7.89. The Morgan fingerprint density at radius 1 is 1.17 bits per heavy atom. The van der Waals surface area contributed by atoms with Crippen LogP contribution in [0.5, 0.6) is 17.2 Å². The van der Waals surface area contributed by atoms with E-state index in [2.05, 4.69) is 9.62 Å². The number of phenolic OH excluding ortho intramolecular Hbond substituents is 1. The number of phenols is 1. The number of aromatic hydroxyl groups is 1. The van der Waals surface area contributed by atoms with Crippen molar-refractivity contribution in [2.45, 2.75) is 23.9 Å². The van der Waals surface area contributed by atoms with Crippen molar-refractivity contribution < 1.29 is 18.3 Å². The summed E-state index contributed by atoms with van der Waals surface area (Å²) >= 11 is 0. The number of sulfonamides is 1. The molecule has 4 rings (SSSR count). The Bertz CT molecular complexity index is 866. The largest absolute Gasteiger partial charge is 0.508 e. The lowest BCUT2D eigenvalue weighted by Crippen LogP contribution is -2.48. The van der Waals surface area contributed by atoms with E-state index in [4.69, 9.17) is 4.74 Å². The highest BCUT2D eigenvalue weighted by Crippen LogP contribution is 2.38. The van der Waals surface area contributed by atoms with Gasteiger partial charge in [0.25, 0.3) is 0 Å². The number of anilines is 1. The summed E-state index contributed by atoms with van der Waals surface area (Å²) in [7, 11) is -3.54. The standard InChI is InChI=1S/C16H16N2O4S/c19-11-3-1-4-12(9-11)22-13-6-7-14-15(10-13)23(20,21)17-16-5-2-8-18(14)16/h1,3-4,6-7,9-10,16-17,19H,2,5,8H2. The van der Waals surface area contributed by atoms with Crippen molar-refractivity contribution in [1.29, 1.82) is 0 Å². The molecule has 6 nitrogen and oxygen atoms in total. The Morgan fingerprint density at radius 3 is 2.83 bits per heavy atom. The van der Waals surface area contributed by atoms with Crippen LogP contribution in [-0.2, 0) is 10.0 Å². The van der Waals surface area contributed by atoms with Crippen LogP contribution in [-0.4, -0.2) is 26.2 Å². The van der Waals surface area contributed by atoms with Gasteiger partial charge in [-0.3, -0.25) is 0 Å². The lowest BCUT2D eigenvalue weighted by molar-refractivity contribution is 0.454. The topological polar surface area (TPSA) is 78.9 Å². The molecule has 0 saturated carbocycles. The summed E-state index contributed by atoms with van der Waals surface area (Å²) < 4.78 is 33.3. The normalized spacial score (nSPS) is 21.6. The van der Waals surface area contributed by atoms with E-state index in [9.17, 15) is 13.5 Å². The molecule has 1 fully saturated rings. The fourth-order valence-electron chi connectivity index (χ4n) is 3.11. The quantitative estimate of drug-likeness (QED) is 0.883. The zero-order chi connectivity index (χ0) is 16.0. The molecular weight excluding hydrogens is 316 g/mol. The molecular formula is C16H16N2O4S. The molecule has 0 bridgehead atoms. The first-order chi connectivity index (χ1) is 11.0. The van der Waals surface area contributed by atoms with Crippen LogP contribution in [0.25, 0.3) is 0 Å². The summed E-state index contributed by atoms with van der Waals surface area (Å²) in [5, 5.41) is 9.48. The lowest BCUT2D eigenvalue weighted by Gasteiger charge is -2.33. The van der Waals surface area contributed by atoms with Gasteiger partial charge in [-0.2, -0.15) is 4.72 Å². The molecule has 1 atom stereocenters. The molecule has 0 radical (unpaired) electrons. The number of hydrogen-bond acceptors (Lipinski definition) is 5. The van der Waals surface area contributed by atoms with Crippen LogP contribution in [0, 0.1) is 0 Å². The second-order valence-electron chi connectivity index (χ2n) is 5.70. The SMILES string of the molecule is O=S1(=O)NC2CCCN2c2ccc(Oc3cccc(O)c3)cc21. The molecule has 1 saturated heterocycles. The molecule has 0 spiro atoms. The van der Waals surface area contributed by atoms with E-state index < -0.39 is 10.0 Å². The van der Waals surface area contributed by atoms with E-state index in [1.54, 1.807) is 30.3 Å². The first-order valence-electron chi connectivity index (χ1n) is 7.43. The van der Waals surface area contributed by atoms with E-state index in [1.165, 1.54) is 12.1 Å². The third kappa shape index (κ3) is 2.51. The Kier molecular flexibility index (Phi) is 3.21. The molecule has 0 aromatic heterocycles. The third-order valence-corrected chi connectivity index (χ3v) is 5.62. The van der Waals surface area contributed by atoms with Crippen LogP contribution in [0.15, 0.2) is 47.4 Å². The van der Waals surface area contributed by atoms with Gasteiger partial charge in [-0.15, -0.1) is 0 Å². The second kappa shape index (κ2) is 5.14. The zero-order valence-electron chi connectivity index (χ0n) is 12.3. The predicted octanol–water partition coefficient (Wildman–Crippen LogP) is 2.40. The number of rotatable bonds is 2. The van der Waals surface area contributed by atoms with Gasteiger partial charge in [0.05, 0.1) is 11.9 Å². The summed E-state index contributed by atoms with van der Waals surface area (Å²) in [6, 6.07) is 11.4. The number of hydrogen-bond donors (Lipinski definition) is 2. The summed E-state index contributed by atoms with van der Waals surface area (Å²) in [6.45, 7) is 0.840. The van der Waals surface area contributed by atoms with Crippen LogP contribution in [0.3, 0.4) is 0 Å². The Hall–Kier alpha value is -2.25. The van der Waals surface area contributed by atoms with Crippen LogP contribution < -0.4 is 14.4 Å². The minimum atomic E-state index is -3.54. The monoisotopic (exact) mass is 332 g/mol. The van der Waals surface area contributed by atoms with Crippen molar-refractivity contribution in [3.05, 3.63) is 42.5 Å². The number of ether oxygens (including phenoxy) is 1. The number of nitrogens with one attached hydrogen (secondary N) is 1. The van der Waals surface area contributed by atoms with E-state index in [0.717, 1.165) is 25.1 Å². The number of benzene rings is 2. The molecule has 23 heavy (non-hydrogen) atoms. The van der Waals surface area contributed by atoms with Crippen molar-refractivity contribution in [3.63, 3.8) is 0 Å². The Labute approximate surface area is 134 Å². The number of nitrogens with zero attached hydrogens (tertiary/aromatic N) is 1. The van der Waals surface area contributed by atoms with Crippen LogP contribution >= 0.6 is 0 Å². The Morgan fingerprint density at radius 2 is 2.00 bits per heavy atom. The molecule has 2 aromatic carbocycles. The minimum Gasteiger partial charge on any atom is -0.508 e. The molecule has 2 heterocycles. The van der Waals surface area contributed by atoms with E-state index in [-0.39, 0.29) is 16.8 Å². The van der Waals surface area contributed by atoms with Gasteiger partial charge >= 0.3 is 0 Å². The summed E-state index contributed by atoms with van der Waals surface area (Å²) in [4.78, 5) is 2.31. The summed E-state index contributed by atoms with van der Waals surface area (Å²) in [5.74, 6) is 0.956. The molecule has 7 heteroatoms. The maximum Gasteiger partial charge on any atom is 0.244 e. The minimum absolute atomic E-state index is 0.0923. The lowest BCUT2D eigenvalue weighted by atomic mass is 10.2. The van der Waals surface area contributed by atoms with Crippen LogP contribution in [0.2, 0.25) is 0 Å². The van der Waals surface area contributed by atoms with Gasteiger partial charge in [0.1, 0.15) is 22.1 Å².